The number of rotatable bonds is 2. The number of hydrogen-bond acceptors (Lipinski definition) is 7. The fraction of sp³-hybridized carbons (Fsp3) is 0.545. The Labute approximate surface area is 119 Å². The fourth-order valence-corrected chi connectivity index (χ4v) is 2.27. The van der Waals surface area contributed by atoms with E-state index in [0.717, 1.165) is 10.9 Å². The van der Waals surface area contributed by atoms with E-state index in [1.165, 1.54) is 6.92 Å². The molecule has 0 spiro atoms. The van der Waals surface area contributed by atoms with Gasteiger partial charge in [-0.2, -0.15) is 14.8 Å². The minimum absolute atomic E-state index is 0.0715. The minimum Gasteiger partial charge on any atom is -0.391 e. The third-order valence-electron chi connectivity index (χ3n) is 3.04. The molecule has 0 radical (unpaired) electrons. The Bertz CT molecular complexity index is 613. The summed E-state index contributed by atoms with van der Waals surface area (Å²) in [7, 11) is 0. The van der Waals surface area contributed by atoms with Gasteiger partial charge in [-0.3, -0.25) is 0 Å². The second-order valence-corrected chi connectivity index (χ2v) is 5.08. The highest BCUT2D eigenvalue weighted by Crippen LogP contribution is 2.43. The van der Waals surface area contributed by atoms with Gasteiger partial charge in [-0.1, -0.05) is 17.5 Å². The molecule has 108 valence electrons. The zero-order chi connectivity index (χ0) is 15.1. The summed E-state index contributed by atoms with van der Waals surface area (Å²) in [6, 6.07) is 0. The molecule has 5 atom stereocenters. The predicted octanol–water partition coefficient (Wildman–Crippen LogP) is -1.53. The quantitative estimate of drug-likeness (QED) is 0.447. The number of alkyl halides is 1. The lowest BCUT2D eigenvalue weighted by Crippen LogP contribution is -2.45. The van der Waals surface area contributed by atoms with E-state index in [9.17, 15) is 15.0 Å². The first-order valence-corrected chi connectivity index (χ1v) is 6.08. The molecule has 1 fully saturated rings. The Morgan fingerprint density at radius 2 is 2.40 bits per heavy atom. The van der Waals surface area contributed by atoms with Crippen LogP contribution in [0.1, 0.15) is 13.2 Å². The molecule has 1 aliphatic heterocycles. The molecule has 1 saturated heterocycles. The second-order valence-electron chi connectivity index (χ2n) is 4.46. The molecule has 8 nitrogen and oxygen atoms in total. The molecule has 2 rings (SSSR count). The zero-order valence-electron chi connectivity index (χ0n) is 10.5. The lowest BCUT2D eigenvalue weighted by Gasteiger charge is -2.24. The summed E-state index contributed by atoms with van der Waals surface area (Å²) < 4.78 is 6.18. The van der Waals surface area contributed by atoms with Gasteiger partial charge in [0.05, 0.1) is 12.3 Å². The molecule has 0 aromatic carbocycles. The smallest absolute Gasteiger partial charge is 0.368 e. The van der Waals surface area contributed by atoms with E-state index in [1.807, 2.05) is 0 Å². The summed E-state index contributed by atoms with van der Waals surface area (Å²) >= 11 is 6.18. The summed E-state index contributed by atoms with van der Waals surface area (Å²) in [5.41, 5.74) is 4.51. The van der Waals surface area contributed by atoms with Crippen LogP contribution in [0.3, 0.4) is 0 Å². The van der Waals surface area contributed by atoms with E-state index < -0.39 is 35.1 Å². The Hall–Kier alpha value is -1.66. The van der Waals surface area contributed by atoms with Crippen molar-refractivity contribution in [2.75, 3.05) is 5.73 Å². The molecule has 2 heterocycles. The first-order valence-electron chi connectivity index (χ1n) is 5.71. The first-order chi connectivity index (χ1) is 9.31. The molecular weight excluding hydrogens is 288 g/mol. The Kier molecular flexibility index (Phi) is 3.71. The number of terminal acetylenes is 1. The fourth-order valence-electron chi connectivity index (χ4n) is 2.00. The molecule has 20 heavy (non-hydrogen) atoms. The van der Waals surface area contributed by atoms with Crippen LogP contribution in [0.25, 0.3) is 0 Å². The number of nitrogen functional groups attached to an aromatic ring is 1. The van der Waals surface area contributed by atoms with E-state index in [-0.39, 0.29) is 5.82 Å². The molecule has 1 aromatic heterocycles. The van der Waals surface area contributed by atoms with E-state index in [4.69, 9.17) is 28.5 Å². The summed E-state index contributed by atoms with van der Waals surface area (Å²) in [6.45, 7) is 1.40. The summed E-state index contributed by atoms with van der Waals surface area (Å²) in [4.78, 5) is 13.5. The van der Waals surface area contributed by atoms with Crippen molar-refractivity contribution in [1.82, 2.24) is 14.8 Å². The predicted molar refractivity (Wildman–Crippen MR) is 69.7 cm³/mol. The van der Waals surface area contributed by atoms with Crippen LogP contribution in [0.5, 0.6) is 0 Å². The highest BCUT2D eigenvalue weighted by Gasteiger charge is 2.57. The molecule has 0 aliphatic carbocycles. The molecule has 4 N–H and O–H groups in total. The van der Waals surface area contributed by atoms with E-state index >= 15 is 0 Å². The van der Waals surface area contributed by atoms with Gasteiger partial charge in [-0.05, 0) is 6.92 Å². The Morgan fingerprint density at radius 1 is 1.75 bits per heavy atom. The van der Waals surface area contributed by atoms with Crippen molar-refractivity contribution in [1.29, 1.82) is 0 Å². The number of nitrogens with zero attached hydrogens (tertiary/aromatic N) is 3. The van der Waals surface area contributed by atoms with Gasteiger partial charge < -0.3 is 20.7 Å². The van der Waals surface area contributed by atoms with E-state index in [0.29, 0.717) is 0 Å². The number of aromatic nitrogens is 3. The highest BCUT2D eigenvalue weighted by molar-refractivity contribution is 6.27. The summed E-state index contributed by atoms with van der Waals surface area (Å²) in [5, 5.41) is 23.4. The monoisotopic (exact) mass is 300 g/mol. The molecule has 9 heteroatoms. The van der Waals surface area contributed by atoms with Crippen LogP contribution < -0.4 is 11.4 Å². The van der Waals surface area contributed by atoms with Crippen molar-refractivity contribution in [3.05, 3.63) is 16.7 Å². The average Bonchev–Trinajstić information content (AvgIpc) is 2.64. The number of halogens is 1. The summed E-state index contributed by atoms with van der Waals surface area (Å²) in [5.74, 6) is 2.11. The maximum Gasteiger partial charge on any atom is 0.368 e. The van der Waals surface area contributed by atoms with Gasteiger partial charge in [-0.15, -0.1) is 6.42 Å². The van der Waals surface area contributed by atoms with Crippen LogP contribution in [0.4, 0.5) is 5.82 Å². The van der Waals surface area contributed by atoms with Crippen molar-refractivity contribution < 1.29 is 14.9 Å². The average molecular weight is 301 g/mol. The Balaban J connectivity index is 2.50. The lowest BCUT2D eigenvalue weighted by molar-refractivity contribution is -0.0809. The topological polar surface area (TPSA) is 123 Å². The molecule has 1 unspecified atom stereocenters. The molecule has 0 saturated carbocycles. The first kappa shape index (κ1) is 14.7. The molecule has 0 amide bonds. The lowest BCUT2D eigenvalue weighted by atomic mass is 9.97. The van der Waals surface area contributed by atoms with Crippen LogP contribution >= 0.6 is 11.6 Å². The third kappa shape index (κ3) is 2.14. The number of hydrogen-bond donors (Lipinski definition) is 3. The van der Waals surface area contributed by atoms with E-state index in [2.05, 4.69) is 16.0 Å². The van der Waals surface area contributed by atoms with Gasteiger partial charge in [0.1, 0.15) is 18.0 Å². The number of aliphatic hydroxyl groups excluding tert-OH is 2. The van der Waals surface area contributed by atoms with Gasteiger partial charge in [0.15, 0.2) is 11.1 Å². The largest absolute Gasteiger partial charge is 0.391 e. The van der Waals surface area contributed by atoms with Crippen molar-refractivity contribution in [3.8, 4) is 12.3 Å². The van der Waals surface area contributed by atoms with E-state index in [1.54, 1.807) is 0 Å². The Morgan fingerprint density at radius 3 is 2.90 bits per heavy atom. The number of ether oxygens (including phenoxy) is 1. The van der Waals surface area contributed by atoms with Crippen molar-refractivity contribution in [2.45, 2.75) is 36.3 Å². The number of anilines is 1. The van der Waals surface area contributed by atoms with Gasteiger partial charge in [0.25, 0.3) is 0 Å². The SMILES string of the molecule is C#C[C@@]1(Cl)C(O)[C@@H]([C@H](C)O)O[C@H]1n1ncc(N)nc1=O. The van der Waals surface area contributed by atoms with Gasteiger partial charge in [-0.25, -0.2) is 4.79 Å². The van der Waals surface area contributed by atoms with Crippen LogP contribution in [-0.4, -0.2) is 48.2 Å². The van der Waals surface area contributed by atoms with Crippen molar-refractivity contribution in [2.24, 2.45) is 0 Å². The molecule has 1 aliphatic rings. The van der Waals surface area contributed by atoms with Crippen molar-refractivity contribution >= 4 is 17.4 Å². The third-order valence-corrected chi connectivity index (χ3v) is 3.56. The van der Waals surface area contributed by atoms with Crippen LogP contribution in [-0.2, 0) is 4.74 Å². The second kappa shape index (κ2) is 5.03. The zero-order valence-corrected chi connectivity index (χ0v) is 11.2. The highest BCUT2D eigenvalue weighted by atomic mass is 35.5. The van der Waals surface area contributed by atoms with Crippen LogP contribution in [0.2, 0.25) is 0 Å². The molecular formula is C11H13ClN4O4. The molecule has 0 bridgehead atoms. The maximum atomic E-state index is 11.8. The van der Waals surface area contributed by atoms with Crippen molar-refractivity contribution in [3.63, 3.8) is 0 Å². The van der Waals surface area contributed by atoms with Crippen LogP contribution in [0.15, 0.2) is 11.0 Å². The normalized spacial score (nSPS) is 34.6. The van der Waals surface area contributed by atoms with Gasteiger partial charge in [0.2, 0.25) is 0 Å². The maximum absolute atomic E-state index is 11.8. The summed E-state index contributed by atoms with van der Waals surface area (Å²) in [6.07, 6.45) is 1.71. The minimum atomic E-state index is -1.75. The van der Waals surface area contributed by atoms with Gasteiger partial charge in [0, 0.05) is 0 Å². The van der Waals surface area contributed by atoms with Gasteiger partial charge >= 0.3 is 5.69 Å². The number of nitrogens with two attached hydrogens (primary N) is 1. The standard InChI is InChI=1S/C11H13ClN4O4/c1-3-11(12)8(18)7(5(2)17)20-9(11)16-10(19)15-6(13)4-14-16/h1,4-5,7-9,17-18H,2H3,(H2,13,15,19)/t5-,7+,8?,9+,11+/m0/s1. The molecule has 1 aromatic rings. The number of aliphatic hydroxyl groups is 2. The van der Waals surface area contributed by atoms with Crippen LogP contribution in [0, 0.1) is 12.3 Å².